The number of esters is 3. The molecule has 0 aromatic rings. The third-order valence-electron chi connectivity index (χ3n) is 15.5. The van der Waals surface area contributed by atoms with Gasteiger partial charge in [-0.25, -0.2) is 0 Å². The first kappa shape index (κ1) is 71.4. The van der Waals surface area contributed by atoms with E-state index in [-0.39, 0.29) is 31.1 Å². The van der Waals surface area contributed by atoms with E-state index >= 15 is 0 Å². The maximum atomic E-state index is 12.9. The standard InChI is InChI=1S/C67H130O6/c1-6-7-8-9-10-11-12-13-14-15-16-17-21-27-32-37-42-47-52-57-65(68)71-60-64(73-67(70)59-54-49-44-39-34-29-24-23-26-31-36-41-46-51-56-63(4)5)61-72-66(69)58-53-48-43-38-33-28-22-19-18-20-25-30-35-40-45-50-55-62(2)3/h62-64H,6-61H2,1-5H3/t64-/m1/s1. The number of hydrogen-bond donors (Lipinski definition) is 0. The lowest BCUT2D eigenvalue weighted by molar-refractivity contribution is -0.167. The Morgan fingerprint density at radius 3 is 0.671 bits per heavy atom. The van der Waals surface area contributed by atoms with Gasteiger partial charge in [0.25, 0.3) is 0 Å². The highest BCUT2D eigenvalue weighted by Gasteiger charge is 2.19. The summed E-state index contributed by atoms with van der Waals surface area (Å²) in [5.41, 5.74) is 0. The van der Waals surface area contributed by atoms with Gasteiger partial charge in [-0.2, -0.15) is 0 Å². The van der Waals surface area contributed by atoms with E-state index in [0.29, 0.717) is 19.3 Å². The van der Waals surface area contributed by atoms with Crippen LogP contribution in [0.25, 0.3) is 0 Å². The molecule has 0 heterocycles. The zero-order valence-electron chi connectivity index (χ0n) is 50.3. The van der Waals surface area contributed by atoms with Crippen LogP contribution in [0.4, 0.5) is 0 Å². The van der Waals surface area contributed by atoms with Crippen LogP contribution in [0.5, 0.6) is 0 Å². The van der Waals surface area contributed by atoms with E-state index in [1.165, 1.54) is 270 Å². The van der Waals surface area contributed by atoms with Crippen molar-refractivity contribution in [1.82, 2.24) is 0 Å². The van der Waals surface area contributed by atoms with E-state index in [1.54, 1.807) is 0 Å². The van der Waals surface area contributed by atoms with Crippen LogP contribution in [0, 0.1) is 11.8 Å². The molecule has 0 saturated carbocycles. The smallest absolute Gasteiger partial charge is 0.306 e. The Balaban J connectivity index is 4.28. The Kier molecular flexibility index (Phi) is 58.4. The summed E-state index contributed by atoms with van der Waals surface area (Å²) in [5.74, 6) is 0.868. The van der Waals surface area contributed by atoms with Gasteiger partial charge in [-0.05, 0) is 31.1 Å². The van der Waals surface area contributed by atoms with Crippen molar-refractivity contribution in [3.8, 4) is 0 Å². The van der Waals surface area contributed by atoms with Crippen molar-refractivity contribution < 1.29 is 28.6 Å². The Labute approximate surface area is 457 Å². The summed E-state index contributed by atoms with van der Waals surface area (Å²) in [7, 11) is 0. The first-order valence-electron chi connectivity index (χ1n) is 33.2. The Morgan fingerprint density at radius 1 is 0.260 bits per heavy atom. The van der Waals surface area contributed by atoms with Crippen molar-refractivity contribution >= 4 is 17.9 Å². The fourth-order valence-electron chi connectivity index (χ4n) is 10.5. The van der Waals surface area contributed by atoms with Crippen LogP contribution >= 0.6 is 0 Å². The van der Waals surface area contributed by atoms with Gasteiger partial charge < -0.3 is 14.2 Å². The third kappa shape index (κ3) is 61.1. The van der Waals surface area contributed by atoms with Crippen molar-refractivity contribution in [3.63, 3.8) is 0 Å². The quantitative estimate of drug-likeness (QED) is 0.0343. The van der Waals surface area contributed by atoms with Crippen LogP contribution in [0.3, 0.4) is 0 Å². The lowest BCUT2D eigenvalue weighted by Gasteiger charge is -2.18. The summed E-state index contributed by atoms with van der Waals surface area (Å²) in [5, 5.41) is 0. The molecule has 0 unspecified atom stereocenters. The Bertz CT molecular complexity index is 1120. The SMILES string of the molecule is CCCCCCCCCCCCCCCCCCCCCC(=O)OC[C@H](COC(=O)CCCCCCCCCCCCCCCCCCC(C)C)OC(=O)CCCCCCCCCCCCCCCCC(C)C. The maximum Gasteiger partial charge on any atom is 0.306 e. The van der Waals surface area contributed by atoms with Crippen LogP contribution in [-0.4, -0.2) is 37.2 Å². The van der Waals surface area contributed by atoms with Crippen molar-refractivity contribution in [2.45, 2.75) is 387 Å². The molecule has 0 aromatic carbocycles. The molecule has 6 nitrogen and oxygen atoms in total. The van der Waals surface area contributed by atoms with Gasteiger partial charge in [0.1, 0.15) is 13.2 Å². The largest absolute Gasteiger partial charge is 0.462 e. The predicted octanol–water partition coefficient (Wildman–Crippen LogP) is 22.4. The van der Waals surface area contributed by atoms with Crippen molar-refractivity contribution in [1.29, 1.82) is 0 Å². The Hall–Kier alpha value is -1.59. The minimum absolute atomic E-state index is 0.0616. The summed E-state index contributed by atoms with van der Waals surface area (Å²) in [6, 6.07) is 0. The van der Waals surface area contributed by atoms with Gasteiger partial charge in [-0.1, -0.05) is 343 Å². The molecule has 0 aliphatic rings. The number of carbonyl (C=O) groups is 3. The monoisotopic (exact) mass is 1030 g/mol. The van der Waals surface area contributed by atoms with Gasteiger partial charge in [0.15, 0.2) is 6.10 Å². The fraction of sp³-hybridized carbons (Fsp3) is 0.955. The van der Waals surface area contributed by atoms with Crippen LogP contribution in [0.2, 0.25) is 0 Å². The summed E-state index contributed by atoms with van der Waals surface area (Å²) >= 11 is 0. The van der Waals surface area contributed by atoms with Crippen molar-refractivity contribution in [2.75, 3.05) is 13.2 Å². The van der Waals surface area contributed by atoms with Crippen LogP contribution in [0.15, 0.2) is 0 Å². The van der Waals surface area contributed by atoms with Crippen LogP contribution in [0.1, 0.15) is 381 Å². The van der Waals surface area contributed by atoms with Gasteiger partial charge in [0.05, 0.1) is 0 Å². The highest BCUT2D eigenvalue weighted by Crippen LogP contribution is 2.19. The van der Waals surface area contributed by atoms with Gasteiger partial charge in [-0.15, -0.1) is 0 Å². The van der Waals surface area contributed by atoms with E-state index in [9.17, 15) is 14.4 Å². The Morgan fingerprint density at radius 2 is 0.452 bits per heavy atom. The molecule has 0 saturated heterocycles. The topological polar surface area (TPSA) is 78.9 Å². The number of carbonyl (C=O) groups excluding carboxylic acids is 3. The minimum Gasteiger partial charge on any atom is -0.462 e. The van der Waals surface area contributed by atoms with E-state index in [2.05, 4.69) is 34.6 Å². The van der Waals surface area contributed by atoms with Crippen LogP contribution in [-0.2, 0) is 28.6 Å². The molecular weight excluding hydrogens is 901 g/mol. The molecule has 0 spiro atoms. The number of hydrogen-bond acceptors (Lipinski definition) is 6. The lowest BCUT2D eigenvalue weighted by atomic mass is 10.0. The molecule has 0 fully saturated rings. The van der Waals surface area contributed by atoms with Crippen molar-refractivity contribution in [2.24, 2.45) is 11.8 Å². The predicted molar refractivity (Wildman–Crippen MR) is 316 cm³/mol. The van der Waals surface area contributed by atoms with E-state index in [4.69, 9.17) is 14.2 Å². The molecular formula is C67H130O6. The number of ether oxygens (including phenoxy) is 3. The second-order valence-electron chi connectivity index (χ2n) is 24.1. The van der Waals surface area contributed by atoms with E-state index < -0.39 is 6.10 Å². The van der Waals surface area contributed by atoms with Gasteiger partial charge in [0.2, 0.25) is 0 Å². The highest BCUT2D eigenvalue weighted by molar-refractivity contribution is 5.71. The summed E-state index contributed by atoms with van der Waals surface area (Å²) < 4.78 is 17.0. The van der Waals surface area contributed by atoms with Gasteiger partial charge >= 0.3 is 17.9 Å². The minimum atomic E-state index is -0.764. The molecule has 0 rings (SSSR count). The first-order chi connectivity index (χ1) is 35.7. The molecule has 0 bridgehead atoms. The number of unbranched alkanes of at least 4 members (excludes halogenated alkanes) is 46. The lowest BCUT2D eigenvalue weighted by Crippen LogP contribution is -2.30. The molecule has 434 valence electrons. The van der Waals surface area contributed by atoms with Gasteiger partial charge in [0, 0.05) is 19.3 Å². The second-order valence-corrected chi connectivity index (χ2v) is 24.1. The normalized spacial score (nSPS) is 12.0. The van der Waals surface area contributed by atoms with E-state index in [1.807, 2.05) is 0 Å². The fourth-order valence-corrected chi connectivity index (χ4v) is 10.5. The average Bonchev–Trinajstić information content (AvgIpc) is 3.37. The zero-order valence-corrected chi connectivity index (χ0v) is 50.3. The molecule has 0 aliphatic heterocycles. The second kappa shape index (κ2) is 59.7. The zero-order chi connectivity index (χ0) is 53.2. The molecule has 0 amide bonds. The van der Waals surface area contributed by atoms with Crippen LogP contribution < -0.4 is 0 Å². The number of rotatable bonds is 61. The molecule has 6 heteroatoms. The maximum absolute atomic E-state index is 12.9. The molecule has 73 heavy (non-hydrogen) atoms. The molecule has 0 aromatic heterocycles. The first-order valence-corrected chi connectivity index (χ1v) is 33.2. The summed E-state index contributed by atoms with van der Waals surface area (Å²) in [4.78, 5) is 38.4. The summed E-state index contributed by atoms with van der Waals surface area (Å²) in [6.45, 7) is 11.5. The average molecular weight is 1030 g/mol. The molecule has 0 radical (unpaired) electrons. The third-order valence-corrected chi connectivity index (χ3v) is 15.5. The molecule has 0 N–H and O–H groups in total. The van der Waals surface area contributed by atoms with Crippen molar-refractivity contribution in [3.05, 3.63) is 0 Å². The van der Waals surface area contributed by atoms with E-state index in [0.717, 1.165) is 69.6 Å². The molecule has 0 aliphatic carbocycles. The summed E-state index contributed by atoms with van der Waals surface area (Å²) in [6.07, 6.45) is 66.8. The highest BCUT2D eigenvalue weighted by atomic mass is 16.6. The molecule has 1 atom stereocenters. The van der Waals surface area contributed by atoms with Gasteiger partial charge in [-0.3, -0.25) is 14.4 Å².